The Morgan fingerprint density at radius 3 is 1.55 bits per heavy atom. The second-order valence-electron chi connectivity index (χ2n) is 6.15. The van der Waals surface area contributed by atoms with Crippen LogP contribution in [0.3, 0.4) is 0 Å². The molecule has 0 amide bonds. The van der Waals surface area contributed by atoms with Gasteiger partial charge in [-0.1, -0.05) is 0 Å². The fourth-order valence-corrected chi connectivity index (χ4v) is 2.59. The van der Waals surface area contributed by atoms with E-state index in [1.807, 2.05) is 27.7 Å². The summed E-state index contributed by atoms with van der Waals surface area (Å²) in [5, 5.41) is 0. The van der Waals surface area contributed by atoms with Gasteiger partial charge in [0.2, 0.25) is 0 Å². The van der Waals surface area contributed by atoms with Gasteiger partial charge in [0, 0.05) is 25.7 Å². The third kappa shape index (κ3) is 4.62. The molecule has 0 N–H and O–H groups in total. The van der Waals surface area contributed by atoms with Gasteiger partial charge >= 0.3 is 0 Å². The molecule has 0 fully saturated rings. The Morgan fingerprint density at radius 1 is 0.818 bits per heavy atom. The first-order valence-corrected chi connectivity index (χ1v) is 8.09. The highest BCUT2D eigenvalue weighted by Gasteiger charge is 2.08. The van der Waals surface area contributed by atoms with Crippen molar-refractivity contribution >= 4 is 5.78 Å². The fraction of sp³-hybridized carbons (Fsp3) is 0.526. The molecule has 0 aliphatic carbocycles. The van der Waals surface area contributed by atoms with E-state index >= 15 is 0 Å². The molecule has 0 radical (unpaired) electrons. The highest BCUT2D eigenvalue weighted by Crippen LogP contribution is 2.17. The van der Waals surface area contributed by atoms with Crippen molar-refractivity contribution in [2.24, 2.45) is 0 Å². The summed E-state index contributed by atoms with van der Waals surface area (Å²) in [5.41, 5.74) is 2.37. The first-order chi connectivity index (χ1) is 10.5. The molecule has 0 atom stereocenters. The average molecular weight is 302 g/mol. The molecule has 3 nitrogen and oxygen atoms in total. The van der Waals surface area contributed by atoms with Crippen molar-refractivity contribution in [1.29, 1.82) is 0 Å². The molecule has 2 heterocycles. The van der Waals surface area contributed by atoms with Gasteiger partial charge in [-0.3, -0.25) is 4.79 Å². The van der Waals surface area contributed by atoms with Crippen molar-refractivity contribution < 1.29 is 13.6 Å². The van der Waals surface area contributed by atoms with Gasteiger partial charge in [0.25, 0.3) is 0 Å². The minimum absolute atomic E-state index is 0.333. The van der Waals surface area contributed by atoms with Crippen molar-refractivity contribution in [2.45, 2.75) is 66.2 Å². The monoisotopic (exact) mass is 302 g/mol. The first-order valence-electron chi connectivity index (χ1n) is 8.09. The molecule has 2 rings (SSSR count). The molecule has 0 unspecified atom stereocenters. The third-order valence-electron chi connectivity index (χ3n) is 4.19. The van der Waals surface area contributed by atoms with Crippen LogP contribution in [-0.2, 0) is 17.6 Å². The van der Waals surface area contributed by atoms with E-state index in [-0.39, 0.29) is 0 Å². The van der Waals surface area contributed by atoms with Crippen LogP contribution >= 0.6 is 0 Å². The Balaban J connectivity index is 1.63. The van der Waals surface area contributed by atoms with Gasteiger partial charge in [-0.05, 0) is 63.8 Å². The van der Waals surface area contributed by atoms with E-state index in [9.17, 15) is 4.79 Å². The molecule has 0 aliphatic rings. The molecule has 3 heteroatoms. The Labute approximate surface area is 132 Å². The van der Waals surface area contributed by atoms with Crippen molar-refractivity contribution in [1.82, 2.24) is 0 Å². The highest BCUT2D eigenvalue weighted by molar-refractivity contribution is 5.78. The maximum Gasteiger partial charge on any atom is 0.132 e. The SMILES string of the molecule is Cc1cc(CCCC(=O)CCCc2cc(C)c(C)o2)oc1C. The van der Waals surface area contributed by atoms with Crippen LogP contribution in [0.25, 0.3) is 0 Å². The van der Waals surface area contributed by atoms with E-state index in [0.29, 0.717) is 18.6 Å². The van der Waals surface area contributed by atoms with Crippen LogP contribution in [0.15, 0.2) is 21.0 Å². The smallest absolute Gasteiger partial charge is 0.132 e. The summed E-state index contributed by atoms with van der Waals surface area (Å²) < 4.78 is 11.2. The number of ketones is 1. The van der Waals surface area contributed by atoms with Crippen LogP contribution in [0.2, 0.25) is 0 Å². The van der Waals surface area contributed by atoms with E-state index in [1.165, 1.54) is 11.1 Å². The van der Waals surface area contributed by atoms with Gasteiger partial charge in [0.05, 0.1) is 0 Å². The lowest BCUT2D eigenvalue weighted by Gasteiger charge is -2.00. The molecule has 0 aromatic carbocycles. The lowest BCUT2D eigenvalue weighted by Crippen LogP contribution is -1.99. The van der Waals surface area contributed by atoms with E-state index in [1.54, 1.807) is 0 Å². The number of hydrogen-bond donors (Lipinski definition) is 0. The molecule has 22 heavy (non-hydrogen) atoms. The summed E-state index contributed by atoms with van der Waals surface area (Å²) in [4.78, 5) is 11.9. The van der Waals surface area contributed by atoms with Crippen LogP contribution in [0.5, 0.6) is 0 Å². The van der Waals surface area contributed by atoms with Gasteiger partial charge in [0.1, 0.15) is 28.8 Å². The zero-order valence-corrected chi connectivity index (χ0v) is 14.1. The first kappa shape index (κ1) is 16.6. The maximum absolute atomic E-state index is 11.9. The molecule has 0 spiro atoms. The number of carbonyl (C=O) groups excluding carboxylic acids is 1. The van der Waals surface area contributed by atoms with Crippen LogP contribution in [-0.4, -0.2) is 5.78 Å². The minimum Gasteiger partial charge on any atom is -0.466 e. The Hall–Kier alpha value is -1.77. The number of aryl methyl sites for hydroxylation is 6. The van der Waals surface area contributed by atoms with E-state index < -0.39 is 0 Å². The summed E-state index contributed by atoms with van der Waals surface area (Å²) in [5.74, 6) is 4.27. The van der Waals surface area contributed by atoms with Crippen LogP contribution in [0.4, 0.5) is 0 Å². The van der Waals surface area contributed by atoms with E-state index in [4.69, 9.17) is 8.83 Å². The topological polar surface area (TPSA) is 43.4 Å². The second-order valence-corrected chi connectivity index (χ2v) is 6.15. The molecular weight excluding hydrogens is 276 g/mol. The molecule has 120 valence electrons. The molecule has 2 aromatic heterocycles. The predicted octanol–water partition coefficient (Wildman–Crippen LogP) is 5.02. The van der Waals surface area contributed by atoms with Crippen molar-refractivity contribution in [3.05, 3.63) is 46.3 Å². The average Bonchev–Trinajstić information content (AvgIpc) is 2.93. The maximum atomic E-state index is 11.9. The lowest BCUT2D eigenvalue weighted by molar-refractivity contribution is -0.119. The summed E-state index contributed by atoms with van der Waals surface area (Å²) in [6.45, 7) is 8.04. The zero-order valence-electron chi connectivity index (χ0n) is 14.1. The fourth-order valence-electron chi connectivity index (χ4n) is 2.59. The molecule has 0 bridgehead atoms. The second kappa shape index (κ2) is 7.48. The molecule has 2 aromatic rings. The number of furan rings is 2. The van der Waals surface area contributed by atoms with Crippen molar-refractivity contribution in [3.8, 4) is 0 Å². The van der Waals surface area contributed by atoms with Gasteiger partial charge in [-0.15, -0.1) is 0 Å². The van der Waals surface area contributed by atoms with Gasteiger partial charge in [-0.25, -0.2) is 0 Å². The summed E-state index contributed by atoms with van der Waals surface area (Å²) in [6, 6.07) is 4.14. The Kier molecular flexibility index (Phi) is 5.64. The Morgan fingerprint density at radius 2 is 1.23 bits per heavy atom. The van der Waals surface area contributed by atoms with E-state index in [0.717, 1.165) is 48.7 Å². The number of rotatable bonds is 8. The standard InChI is InChI=1S/C19H26O3/c1-13-11-18(21-15(13)3)9-5-7-17(20)8-6-10-19-12-14(2)16(4)22-19/h11-12H,5-10H2,1-4H3. The van der Waals surface area contributed by atoms with Crippen LogP contribution < -0.4 is 0 Å². The van der Waals surface area contributed by atoms with Gasteiger partial charge in [-0.2, -0.15) is 0 Å². The summed E-state index contributed by atoms with van der Waals surface area (Å²) >= 11 is 0. The lowest BCUT2D eigenvalue weighted by atomic mass is 10.1. The van der Waals surface area contributed by atoms with Crippen LogP contribution in [0.1, 0.15) is 59.9 Å². The van der Waals surface area contributed by atoms with Gasteiger partial charge < -0.3 is 8.83 Å². The van der Waals surface area contributed by atoms with Crippen LogP contribution in [0, 0.1) is 27.7 Å². The third-order valence-corrected chi connectivity index (χ3v) is 4.19. The number of Topliss-reactive ketones (excluding diaryl/α,β-unsaturated/α-hetero) is 1. The number of hydrogen-bond acceptors (Lipinski definition) is 3. The minimum atomic E-state index is 0.333. The van der Waals surface area contributed by atoms with Crippen molar-refractivity contribution in [3.63, 3.8) is 0 Å². The number of carbonyl (C=O) groups is 1. The predicted molar refractivity (Wildman–Crippen MR) is 87.2 cm³/mol. The highest BCUT2D eigenvalue weighted by atomic mass is 16.3. The largest absolute Gasteiger partial charge is 0.466 e. The normalized spacial score (nSPS) is 11.1. The zero-order chi connectivity index (χ0) is 16.1. The molecular formula is C19H26O3. The van der Waals surface area contributed by atoms with E-state index in [2.05, 4.69) is 12.1 Å². The molecule has 0 saturated carbocycles. The molecule has 0 saturated heterocycles. The van der Waals surface area contributed by atoms with Gasteiger partial charge in [0.15, 0.2) is 0 Å². The van der Waals surface area contributed by atoms with Crippen molar-refractivity contribution in [2.75, 3.05) is 0 Å². The quantitative estimate of drug-likeness (QED) is 0.687. The summed E-state index contributed by atoms with van der Waals surface area (Å²) in [6.07, 6.45) is 4.69. The molecule has 0 aliphatic heterocycles. The summed E-state index contributed by atoms with van der Waals surface area (Å²) in [7, 11) is 0. The Bertz CT molecular complexity index is 538.